The number of carbonyl (C=O) groups is 2. The van der Waals surface area contributed by atoms with Gasteiger partial charge < -0.3 is 10.2 Å². The van der Waals surface area contributed by atoms with Gasteiger partial charge in [-0.05, 0) is 28.8 Å². The van der Waals surface area contributed by atoms with Crippen molar-refractivity contribution in [3.05, 3.63) is 102 Å². The molecule has 7 heteroatoms. The minimum absolute atomic E-state index is 0.0545. The summed E-state index contributed by atoms with van der Waals surface area (Å²) < 4.78 is 0. The zero-order valence-corrected chi connectivity index (χ0v) is 18.9. The number of pyridine rings is 1. The monoisotopic (exact) mass is 453 g/mol. The average molecular weight is 454 g/mol. The summed E-state index contributed by atoms with van der Waals surface area (Å²) in [5, 5.41) is 12.5. The highest BCUT2D eigenvalue weighted by atomic mass is 16.2. The van der Waals surface area contributed by atoms with Crippen molar-refractivity contribution in [2.75, 3.05) is 32.7 Å². The topological polar surface area (TPSA) is 89.3 Å². The lowest BCUT2D eigenvalue weighted by Gasteiger charge is -2.37. The Hall–Kier alpha value is -4.02. The fourth-order valence-electron chi connectivity index (χ4n) is 4.31. The molecule has 1 atom stereocenters. The van der Waals surface area contributed by atoms with E-state index >= 15 is 0 Å². The van der Waals surface area contributed by atoms with Crippen LogP contribution in [0.3, 0.4) is 0 Å². The molecule has 1 saturated heterocycles. The van der Waals surface area contributed by atoms with E-state index in [0.29, 0.717) is 26.2 Å². The van der Waals surface area contributed by atoms with Crippen molar-refractivity contribution in [2.24, 2.45) is 0 Å². The zero-order chi connectivity index (χ0) is 23.8. The molecule has 0 radical (unpaired) electrons. The highest BCUT2D eigenvalue weighted by molar-refractivity contribution is 5.90. The molecule has 1 unspecified atom stereocenters. The number of benzene rings is 2. The van der Waals surface area contributed by atoms with E-state index in [1.165, 1.54) is 0 Å². The number of amides is 2. The molecular weight excluding hydrogens is 426 g/mol. The predicted octanol–water partition coefficient (Wildman–Crippen LogP) is 2.74. The van der Waals surface area contributed by atoms with E-state index < -0.39 is 5.92 Å². The second kappa shape index (κ2) is 11.2. The predicted molar refractivity (Wildman–Crippen MR) is 128 cm³/mol. The summed E-state index contributed by atoms with van der Waals surface area (Å²) in [5.41, 5.74) is 2.66. The molecule has 34 heavy (non-hydrogen) atoms. The second-order valence-electron chi connectivity index (χ2n) is 8.20. The van der Waals surface area contributed by atoms with Crippen LogP contribution in [0.2, 0.25) is 0 Å². The molecule has 2 aromatic carbocycles. The van der Waals surface area contributed by atoms with Crippen molar-refractivity contribution in [2.45, 2.75) is 12.0 Å². The van der Waals surface area contributed by atoms with Crippen molar-refractivity contribution in [3.63, 3.8) is 0 Å². The molecule has 0 bridgehead atoms. The van der Waals surface area contributed by atoms with Gasteiger partial charge in [0.1, 0.15) is 6.04 Å². The summed E-state index contributed by atoms with van der Waals surface area (Å²) in [6.07, 6.45) is 3.36. The summed E-state index contributed by atoms with van der Waals surface area (Å²) in [4.78, 5) is 33.8. The Morgan fingerprint density at radius 2 is 1.41 bits per heavy atom. The van der Waals surface area contributed by atoms with E-state index in [9.17, 15) is 14.9 Å². The van der Waals surface area contributed by atoms with E-state index in [1.807, 2.05) is 72.8 Å². The molecule has 1 aliphatic heterocycles. The molecule has 1 N–H and O–H groups in total. The third-order valence-electron chi connectivity index (χ3n) is 6.12. The number of rotatable bonds is 7. The Labute approximate surface area is 199 Å². The number of aromatic nitrogens is 1. The summed E-state index contributed by atoms with van der Waals surface area (Å²) in [6.45, 7) is 2.16. The number of nitrogens with zero attached hydrogens (tertiary/aromatic N) is 4. The van der Waals surface area contributed by atoms with Crippen LogP contribution >= 0.6 is 0 Å². The minimum atomic E-state index is -0.483. The van der Waals surface area contributed by atoms with Crippen LogP contribution in [0.5, 0.6) is 0 Å². The fourth-order valence-corrected chi connectivity index (χ4v) is 4.31. The van der Waals surface area contributed by atoms with Crippen molar-refractivity contribution in [3.8, 4) is 6.07 Å². The quantitative estimate of drug-likeness (QED) is 0.594. The molecule has 172 valence electrons. The summed E-state index contributed by atoms with van der Waals surface area (Å²) in [6, 6.07) is 24.8. The summed E-state index contributed by atoms with van der Waals surface area (Å²) in [5.74, 6) is -0.805. The molecule has 1 aliphatic rings. The Morgan fingerprint density at radius 3 is 1.94 bits per heavy atom. The van der Waals surface area contributed by atoms with Gasteiger partial charge in [0, 0.05) is 38.6 Å². The minimum Gasteiger partial charge on any atom is -0.346 e. The second-order valence-corrected chi connectivity index (χ2v) is 8.20. The van der Waals surface area contributed by atoms with Crippen LogP contribution in [0, 0.1) is 11.3 Å². The van der Waals surface area contributed by atoms with Gasteiger partial charge in [-0.25, -0.2) is 0 Å². The molecule has 2 amide bonds. The lowest BCUT2D eigenvalue weighted by Crippen LogP contribution is -2.52. The van der Waals surface area contributed by atoms with Crippen molar-refractivity contribution < 1.29 is 9.59 Å². The SMILES string of the molecule is N#CC(c1ccncc1)N1CCN(C(=O)CNC(=O)C(c2ccccc2)c2ccccc2)CC1. The lowest BCUT2D eigenvalue weighted by molar-refractivity contribution is -0.134. The Morgan fingerprint density at radius 1 is 0.853 bits per heavy atom. The van der Waals surface area contributed by atoms with Crippen LogP contribution < -0.4 is 5.32 Å². The lowest BCUT2D eigenvalue weighted by atomic mass is 9.90. The van der Waals surface area contributed by atoms with Crippen LogP contribution in [-0.2, 0) is 9.59 Å². The summed E-state index contributed by atoms with van der Waals surface area (Å²) >= 11 is 0. The Kier molecular flexibility index (Phi) is 7.63. The first-order valence-electron chi connectivity index (χ1n) is 11.4. The Bertz CT molecular complexity index is 1080. The smallest absolute Gasteiger partial charge is 0.242 e. The molecule has 7 nitrogen and oxygen atoms in total. The number of nitriles is 1. The van der Waals surface area contributed by atoms with Crippen LogP contribution in [-0.4, -0.2) is 59.3 Å². The molecular formula is C27H27N5O2. The van der Waals surface area contributed by atoms with Crippen LogP contribution in [0.4, 0.5) is 0 Å². The largest absolute Gasteiger partial charge is 0.346 e. The van der Waals surface area contributed by atoms with E-state index in [0.717, 1.165) is 16.7 Å². The molecule has 4 rings (SSSR count). The summed E-state index contributed by atoms with van der Waals surface area (Å²) in [7, 11) is 0. The highest BCUT2D eigenvalue weighted by Gasteiger charge is 2.28. The van der Waals surface area contributed by atoms with Gasteiger partial charge >= 0.3 is 0 Å². The fraction of sp³-hybridized carbons (Fsp3) is 0.259. The van der Waals surface area contributed by atoms with Gasteiger partial charge in [-0.2, -0.15) is 5.26 Å². The van der Waals surface area contributed by atoms with Gasteiger partial charge in [-0.15, -0.1) is 0 Å². The molecule has 0 spiro atoms. The maximum atomic E-state index is 13.1. The maximum absolute atomic E-state index is 13.1. The van der Waals surface area contributed by atoms with Crippen molar-refractivity contribution in [1.82, 2.24) is 20.1 Å². The Balaban J connectivity index is 1.34. The molecule has 2 heterocycles. The number of carbonyl (C=O) groups excluding carboxylic acids is 2. The van der Waals surface area contributed by atoms with Gasteiger partial charge in [0.2, 0.25) is 11.8 Å². The van der Waals surface area contributed by atoms with Gasteiger partial charge in [0.25, 0.3) is 0 Å². The van der Waals surface area contributed by atoms with E-state index in [4.69, 9.17) is 0 Å². The zero-order valence-electron chi connectivity index (χ0n) is 18.9. The maximum Gasteiger partial charge on any atom is 0.242 e. The third-order valence-corrected chi connectivity index (χ3v) is 6.12. The number of hydrogen-bond acceptors (Lipinski definition) is 5. The van der Waals surface area contributed by atoms with E-state index in [1.54, 1.807) is 17.3 Å². The van der Waals surface area contributed by atoms with Crippen LogP contribution in [0.1, 0.15) is 28.7 Å². The van der Waals surface area contributed by atoms with Crippen molar-refractivity contribution >= 4 is 11.8 Å². The van der Waals surface area contributed by atoms with Gasteiger partial charge in [0.05, 0.1) is 18.5 Å². The van der Waals surface area contributed by atoms with Crippen LogP contribution in [0.25, 0.3) is 0 Å². The first kappa shape index (κ1) is 23.1. The molecule has 1 fully saturated rings. The van der Waals surface area contributed by atoms with Crippen molar-refractivity contribution in [1.29, 1.82) is 5.26 Å². The normalized spacial score (nSPS) is 14.9. The van der Waals surface area contributed by atoms with E-state index in [2.05, 4.69) is 21.3 Å². The number of nitrogens with one attached hydrogen (secondary N) is 1. The highest BCUT2D eigenvalue weighted by Crippen LogP contribution is 2.25. The first-order chi connectivity index (χ1) is 16.7. The molecule has 0 saturated carbocycles. The van der Waals surface area contributed by atoms with E-state index in [-0.39, 0.29) is 24.4 Å². The third kappa shape index (κ3) is 5.48. The van der Waals surface area contributed by atoms with Gasteiger partial charge in [-0.1, -0.05) is 60.7 Å². The molecule has 3 aromatic rings. The number of hydrogen-bond donors (Lipinski definition) is 1. The standard InChI is InChI=1S/C27H27N5O2/c28-19-24(21-11-13-29-14-12-21)31-15-17-32(18-16-31)25(33)20-30-27(34)26(22-7-3-1-4-8-22)23-9-5-2-6-10-23/h1-14,24,26H,15-18,20H2,(H,30,34). The first-order valence-corrected chi connectivity index (χ1v) is 11.4. The number of piperazine rings is 1. The van der Waals surface area contributed by atoms with Gasteiger partial charge in [0.15, 0.2) is 0 Å². The molecule has 1 aromatic heterocycles. The van der Waals surface area contributed by atoms with Crippen LogP contribution in [0.15, 0.2) is 85.2 Å². The average Bonchev–Trinajstić information content (AvgIpc) is 2.90. The molecule has 0 aliphatic carbocycles. The van der Waals surface area contributed by atoms with Gasteiger partial charge in [-0.3, -0.25) is 19.5 Å².